The highest BCUT2D eigenvalue weighted by atomic mass is 19.4. The third kappa shape index (κ3) is 3.44. The van der Waals surface area contributed by atoms with Crippen molar-refractivity contribution < 1.29 is 22.4 Å². The molecule has 1 fully saturated rings. The van der Waals surface area contributed by atoms with Crippen LogP contribution in [-0.4, -0.2) is 29.1 Å². The summed E-state index contributed by atoms with van der Waals surface area (Å²) < 4.78 is 49.7. The van der Waals surface area contributed by atoms with Crippen LogP contribution in [0.3, 0.4) is 0 Å². The Kier molecular flexibility index (Phi) is 3.94. The van der Waals surface area contributed by atoms with Crippen LogP contribution in [0.1, 0.15) is 17.7 Å². The maximum atomic E-state index is 12.7. The van der Waals surface area contributed by atoms with Crippen molar-refractivity contribution in [1.82, 2.24) is 15.4 Å². The van der Waals surface area contributed by atoms with Gasteiger partial charge in [-0.3, -0.25) is 14.8 Å². The number of nitrogens with one attached hydrogen (secondary N) is 1. The third-order valence-corrected chi connectivity index (χ3v) is 3.01. The molecular formula is C12H13F4N3O. The zero-order chi connectivity index (χ0) is 14.9. The maximum Gasteiger partial charge on any atom is 0.417 e. The van der Waals surface area contributed by atoms with Crippen LogP contribution < -0.4 is 5.43 Å². The Labute approximate surface area is 112 Å². The summed E-state index contributed by atoms with van der Waals surface area (Å²) in [5.41, 5.74) is 2.19. The molecule has 1 aliphatic carbocycles. The number of carbonyl (C=O) groups is 1. The lowest BCUT2D eigenvalue weighted by Gasteiger charge is -2.18. The molecule has 1 aromatic rings. The summed E-state index contributed by atoms with van der Waals surface area (Å²) in [7, 11) is 1.44. The molecule has 1 aliphatic rings. The molecule has 0 unspecified atom stereocenters. The van der Waals surface area contributed by atoms with Crippen LogP contribution in [0.2, 0.25) is 0 Å². The smallest absolute Gasteiger partial charge is 0.280 e. The number of amides is 1. The normalized spacial score (nSPS) is 21.6. The van der Waals surface area contributed by atoms with Crippen LogP contribution in [0.25, 0.3) is 0 Å². The van der Waals surface area contributed by atoms with Crippen LogP contribution in [0.4, 0.5) is 17.6 Å². The monoisotopic (exact) mass is 291 g/mol. The van der Waals surface area contributed by atoms with Crippen molar-refractivity contribution in [2.75, 3.05) is 7.05 Å². The van der Waals surface area contributed by atoms with E-state index >= 15 is 0 Å². The Hall–Kier alpha value is -1.70. The largest absolute Gasteiger partial charge is 0.417 e. The molecule has 20 heavy (non-hydrogen) atoms. The second-order valence-corrected chi connectivity index (χ2v) is 4.63. The lowest BCUT2D eigenvalue weighted by Crippen LogP contribution is -2.40. The minimum Gasteiger partial charge on any atom is -0.280 e. The highest BCUT2D eigenvalue weighted by Gasteiger charge is 2.45. The van der Waals surface area contributed by atoms with E-state index in [0.29, 0.717) is 5.69 Å². The number of aromatic nitrogens is 1. The van der Waals surface area contributed by atoms with Gasteiger partial charge in [-0.15, -0.1) is 0 Å². The maximum absolute atomic E-state index is 12.7. The van der Waals surface area contributed by atoms with Gasteiger partial charge in [-0.25, -0.2) is 9.82 Å². The molecule has 0 radical (unpaired) electrons. The summed E-state index contributed by atoms with van der Waals surface area (Å²) in [5.74, 6) is -0.975. The molecule has 2 rings (SSSR count). The molecule has 1 heterocycles. The average Bonchev–Trinajstić information content (AvgIpc) is 3.11. The summed E-state index contributed by atoms with van der Waals surface area (Å²) in [6, 6.07) is 2.15. The Morgan fingerprint density at radius 3 is 2.60 bits per heavy atom. The summed E-state index contributed by atoms with van der Waals surface area (Å²) in [5, 5.41) is 1.14. The molecular weight excluding hydrogens is 278 g/mol. The fourth-order valence-corrected chi connectivity index (χ4v) is 1.64. The number of alkyl halides is 4. The highest BCUT2D eigenvalue weighted by molar-refractivity contribution is 5.81. The van der Waals surface area contributed by atoms with E-state index in [1.54, 1.807) is 0 Å². The number of hydrogen-bond donors (Lipinski definition) is 1. The van der Waals surface area contributed by atoms with E-state index in [1.165, 1.54) is 13.1 Å². The van der Waals surface area contributed by atoms with Crippen molar-refractivity contribution >= 4 is 5.91 Å². The topological polar surface area (TPSA) is 45.2 Å². The number of pyridine rings is 1. The van der Waals surface area contributed by atoms with E-state index in [1.807, 2.05) is 0 Å². The van der Waals surface area contributed by atoms with Gasteiger partial charge in [0.25, 0.3) is 0 Å². The van der Waals surface area contributed by atoms with Crippen LogP contribution in [-0.2, 0) is 17.5 Å². The zero-order valence-electron chi connectivity index (χ0n) is 10.6. The van der Waals surface area contributed by atoms with Gasteiger partial charge in [0, 0.05) is 13.2 Å². The molecule has 0 aromatic carbocycles. The molecule has 0 saturated heterocycles. The Balaban J connectivity index is 1.86. The van der Waals surface area contributed by atoms with Gasteiger partial charge in [0.05, 0.1) is 23.7 Å². The van der Waals surface area contributed by atoms with Crippen molar-refractivity contribution in [3.63, 3.8) is 0 Å². The standard InChI is InChI=1S/C12H13F4N3O/c1-19(11(20)9-4-10(9)13)18-6-8-3-2-7(5-17-8)12(14,15)16/h2-3,5,9-10,18H,4,6H2,1H3/t9-,10-/m0/s1. The summed E-state index contributed by atoms with van der Waals surface area (Å²) in [4.78, 5) is 15.2. The molecule has 1 amide bonds. The van der Waals surface area contributed by atoms with Crippen molar-refractivity contribution in [3.8, 4) is 0 Å². The number of hydrazine groups is 1. The summed E-state index contributed by atoms with van der Waals surface area (Å²) >= 11 is 0. The SMILES string of the molecule is CN(NCc1ccc(C(F)(F)F)cn1)C(=O)[C@H]1C[C@@H]1F. The lowest BCUT2D eigenvalue weighted by molar-refractivity contribution is -0.137. The van der Waals surface area contributed by atoms with Gasteiger partial charge in [-0.05, 0) is 18.6 Å². The van der Waals surface area contributed by atoms with Gasteiger partial charge in [-0.2, -0.15) is 13.2 Å². The van der Waals surface area contributed by atoms with Gasteiger partial charge in [-0.1, -0.05) is 0 Å². The van der Waals surface area contributed by atoms with Gasteiger partial charge < -0.3 is 0 Å². The van der Waals surface area contributed by atoms with E-state index < -0.39 is 23.8 Å². The first-order valence-electron chi connectivity index (χ1n) is 5.96. The Morgan fingerprint density at radius 2 is 2.15 bits per heavy atom. The first-order valence-corrected chi connectivity index (χ1v) is 5.96. The molecule has 1 N–H and O–H groups in total. The summed E-state index contributed by atoms with van der Waals surface area (Å²) in [6.45, 7) is 0.0874. The molecule has 0 aliphatic heterocycles. The number of hydrogen-bond acceptors (Lipinski definition) is 3. The second-order valence-electron chi connectivity index (χ2n) is 4.63. The van der Waals surface area contributed by atoms with E-state index in [2.05, 4.69) is 10.4 Å². The van der Waals surface area contributed by atoms with Crippen LogP contribution >= 0.6 is 0 Å². The van der Waals surface area contributed by atoms with Crippen molar-refractivity contribution in [3.05, 3.63) is 29.6 Å². The predicted octanol–water partition coefficient (Wildman–Crippen LogP) is 1.92. The van der Waals surface area contributed by atoms with Crippen LogP contribution in [0, 0.1) is 5.92 Å². The first kappa shape index (κ1) is 14.7. The molecule has 8 heteroatoms. The minimum absolute atomic E-state index is 0.0874. The van der Waals surface area contributed by atoms with Crippen molar-refractivity contribution in [2.45, 2.75) is 25.3 Å². The van der Waals surface area contributed by atoms with E-state index in [-0.39, 0.29) is 18.9 Å². The van der Waals surface area contributed by atoms with Crippen LogP contribution in [0.5, 0.6) is 0 Å². The number of nitrogens with zero attached hydrogens (tertiary/aromatic N) is 2. The average molecular weight is 291 g/mol. The fraction of sp³-hybridized carbons (Fsp3) is 0.500. The lowest BCUT2D eigenvalue weighted by atomic mass is 10.2. The Morgan fingerprint density at radius 1 is 1.50 bits per heavy atom. The molecule has 1 saturated carbocycles. The fourth-order valence-electron chi connectivity index (χ4n) is 1.64. The number of carbonyl (C=O) groups excluding carboxylic acids is 1. The Bertz CT molecular complexity index is 488. The second kappa shape index (κ2) is 5.35. The molecule has 0 bridgehead atoms. The van der Waals surface area contributed by atoms with E-state index in [0.717, 1.165) is 17.3 Å². The highest BCUT2D eigenvalue weighted by Crippen LogP contribution is 2.34. The number of rotatable bonds is 4. The molecule has 0 spiro atoms. The van der Waals surface area contributed by atoms with Gasteiger partial charge >= 0.3 is 6.18 Å². The molecule has 2 atom stereocenters. The third-order valence-electron chi connectivity index (χ3n) is 3.01. The molecule has 4 nitrogen and oxygen atoms in total. The van der Waals surface area contributed by atoms with Crippen molar-refractivity contribution in [1.29, 1.82) is 0 Å². The predicted molar refractivity (Wildman–Crippen MR) is 61.9 cm³/mol. The van der Waals surface area contributed by atoms with Crippen LogP contribution in [0.15, 0.2) is 18.3 Å². The van der Waals surface area contributed by atoms with Crippen molar-refractivity contribution in [2.24, 2.45) is 5.92 Å². The van der Waals surface area contributed by atoms with Gasteiger partial charge in [0.15, 0.2) is 0 Å². The van der Waals surface area contributed by atoms with Gasteiger partial charge in [0.2, 0.25) is 5.91 Å². The summed E-state index contributed by atoms with van der Waals surface area (Å²) in [6.07, 6.45) is -4.55. The minimum atomic E-state index is -4.42. The first-order chi connectivity index (χ1) is 9.29. The molecule has 1 aromatic heterocycles. The molecule has 110 valence electrons. The van der Waals surface area contributed by atoms with E-state index in [9.17, 15) is 22.4 Å². The zero-order valence-corrected chi connectivity index (χ0v) is 10.6. The van der Waals surface area contributed by atoms with Gasteiger partial charge in [0.1, 0.15) is 6.17 Å². The number of halogens is 4. The van der Waals surface area contributed by atoms with E-state index in [4.69, 9.17) is 0 Å². The quantitative estimate of drug-likeness (QED) is 0.681.